The highest BCUT2D eigenvalue weighted by molar-refractivity contribution is 5.82. The average Bonchev–Trinajstić information content (AvgIpc) is 2.15. The minimum Gasteiger partial charge on any atom is -0.480 e. The van der Waals surface area contributed by atoms with Crippen molar-refractivity contribution in [3.05, 3.63) is 0 Å². The fourth-order valence-corrected chi connectivity index (χ4v) is 2.57. The third kappa shape index (κ3) is 4.21. The van der Waals surface area contributed by atoms with Crippen molar-refractivity contribution in [2.24, 2.45) is 11.8 Å². The molecule has 1 aliphatic rings. The van der Waals surface area contributed by atoms with Crippen LogP contribution in [-0.4, -0.2) is 23.0 Å². The highest BCUT2D eigenvalue weighted by atomic mass is 16.4. The van der Waals surface area contributed by atoms with Crippen LogP contribution in [0.25, 0.3) is 0 Å². The number of carbonyl (C=O) groups is 2. The predicted molar refractivity (Wildman–Crippen MR) is 61.0 cm³/mol. The van der Waals surface area contributed by atoms with Crippen molar-refractivity contribution < 1.29 is 14.7 Å². The van der Waals surface area contributed by atoms with Crippen molar-refractivity contribution in [1.29, 1.82) is 0 Å². The molecule has 1 rings (SSSR count). The van der Waals surface area contributed by atoms with E-state index in [2.05, 4.69) is 12.2 Å². The second kappa shape index (κ2) is 5.87. The highest BCUT2D eigenvalue weighted by Gasteiger charge is 2.26. The van der Waals surface area contributed by atoms with E-state index in [1.165, 1.54) is 19.8 Å². The Morgan fingerprint density at radius 3 is 2.62 bits per heavy atom. The van der Waals surface area contributed by atoms with Crippen molar-refractivity contribution in [3.63, 3.8) is 0 Å². The van der Waals surface area contributed by atoms with Gasteiger partial charge in [-0.15, -0.1) is 0 Å². The van der Waals surface area contributed by atoms with Crippen LogP contribution in [0.15, 0.2) is 0 Å². The van der Waals surface area contributed by atoms with Gasteiger partial charge in [0.2, 0.25) is 5.91 Å². The Labute approximate surface area is 96.4 Å². The van der Waals surface area contributed by atoms with E-state index in [0.717, 1.165) is 12.8 Å². The molecule has 0 bridgehead atoms. The normalized spacial score (nSPS) is 27.1. The monoisotopic (exact) mass is 227 g/mol. The zero-order valence-electron chi connectivity index (χ0n) is 10.0. The molecule has 0 spiro atoms. The first-order chi connectivity index (χ1) is 7.49. The van der Waals surface area contributed by atoms with Crippen molar-refractivity contribution in [2.45, 2.75) is 52.0 Å². The van der Waals surface area contributed by atoms with E-state index in [9.17, 15) is 9.59 Å². The van der Waals surface area contributed by atoms with Crippen LogP contribution in [0, 0.1) is 11.8 Å². The first-order valence-corrected chi connectivity index (χ1v) is 5.99. The molecule has 4 heteroatoms. The van der Waals surface area contributed by atoms with Gasteiger partial charge in [0.1, 0.15) is 6.04 Å². The standard InChI is InChI=1S/C12H21NO3/c1-8-4-3-5-10(6-8)7-11(12(15)16)13-9(2)14/h8,10-11H,3-7H2,1-2H3,(H,13,14)(H,15,16). The summed E-state index contributed by atoms with van der Waals surface area (Å²) < 4.78 is 0. The van der Waals surface area contributed by atoms with Gasteiger partial charge in [-0.25, -0.2) is 4.79 Å². The van der Waals surface area contributed by atoms with Gasteiger partial charge in [0.15, 0.2) is 0 Å². The van der Waals surface area contributed by atoms with E-state index in [0.29, 0.717) is 18.3 Å². The lowest BCUT2D eigenvalue weighted by Gasteiger charge is -2.28. The number of carboxylic acids is 1. The van der Waals surface area contributed by atoms with E-state index in [4.69, 9.17) is 5.11 Å². The molecule has 0 radical (unpaired) electrons. The number of aliphatic carboxylic acids is 1. The first kappa shape index (κ1) is 13.0. The maximum atomic E-state index is 11.0. The van der Waals surface area contributed by atoms with Gasteiger partial charge >= 0.3 is 5.97 Å². The third-order valence-electron chi connectivity index (χ3n) is 3.29. The smallest absolute Gasteiger partial charge is 0.326 e. The van der Waals surface area contributed by atoms with Gasteiger partial charge in [0, 0.05) is 6.92 Å². The SMILES string of the molecule is CC(=O)NC(CC1CCCC(C)C1)C(=O)O. The maximum absolute atomic E-state index is 11.0. The van der Waals surface area contributed by atoms with Gasteiger partial charge in [-0.05, 0) is 24.7 Å². The lowest BCUT2D eigenvalue weighted by Crippen LogP contribution is -2.41. The van der Waals surface area contributed by atoms with Crippen LogP contribution in [0.5, 0.6) is 0 Å². The number of nitrogens with one attached hydrogen (secondary N) is 1. The molecule has 0 aromatic rings. The summed E-state index contributed by atoms with van der Waals surface area (Å²) >= 11 is 0. The molecule has 3 unspecified atom stereocenters. The molecule has 0 aromatic carbocycles. The van der Waals surface area contributed by atoms with Crippen molar-refractivity contribution >= 4 is 11.9 Å². The van der Waals surface area contributed by atoms with Crippen LogP contribution in [0.3, 0.4) is 0 Å². The topological polar surface area (TPSA) is 66.4 Å². The number of hydrogen-bond donors (Lipinski definition) is 2. The predicted octanol–water partition coefficient (Wildman–Crippen LogP) is 1.79. The molecule has 0 saturated heterocycles. The number of hydrogen-bond acceptors (Lipinski definition) is 2. The molecule has 92 valence electrons. The van der Waals surface area contributed by atoms with Gasteiger partial charge in [-0.1, -0.05) is 26.2 Å². The minimum absolute atomic E-state index is 0.267. The van der Waals surface area contributed by atoms with Crippen LogP contribution in [0.2, 0.25) is 0 Å². The average molecular weight is 227 g/mol. The van der Waals surface area contributed by atoms with Crippen LogP contribution >= 0.6 is 0 Å². The summed E-state index contributed by atoms with van der Waals surface area (Å²) in [5, 5.41) is 11.5. The number of rotatable bonds is 4. The Kier molecular flexibility index (Phi) is 4.77. The summed E-state index contributed by atoms with van der Waals surface area (Å²) in [4.78, 5) is 21.9. The molecule has 16 heavy (non-hydrogen) atoms. The van der Waals surface area contributed by atoms with E-state index in [1.807, 2.05) is 0 Å². The Morgan fingerprint density at radius 2 is 2.12 bits per heavy atom. The van der Waals surface area contributed by atoms with E-state index in [-0.39, 0.29) is 5.91 Å². The number of carbonyl (C=O) groups excluding carboxylic acids is 1. The summed E-state index contributed by atoms with van der Waals surface area (Å²) in [5.41, 5.74) is 0. The number of amides is 1. The molecule has 3 atom stereocenters. The van der Waals surface area contributed by atoms with Crippen molar-refractivity contribution in [2.75, 3.05) is 0 Å². The quantitative estimate of drug-likeness (QED) is 0.769. The summed E-state index contributed by atoms with van der Waals surface area (Å²) in [7, 11) is 0. The van der Waals surface area contributed by atoms with Crippen molar-refractivity contribution in [3.8, 4) is 0 Å². The molecule has 1 aliphatic carbocycles. The second-order valence-corrected chi connectivity index (χ2v) is 4.96. The Hall–Kier alpha value is -1.06. The van der Waals surface area contributed by atoms with Gasteiger partial charge in [0.05, 0.1) is 0 Å². The second-order valence-electron chi connectivity index (χ2n) is 4.96. The summed E-state index contributed by atoms with van der Waals surface area (Å²) in [6, 6.07) is -0.715. The van der Waals surface area contributed by atoms with Crippen molar-refractivity contribution in [1.82, 2.24) is 5.32 Å². The van der Waals surface area contributed by atoms with Crippen LogP contribution in [0.1, 0.15) is 46.0 Å². The zero-order valence-corrected chi connectivity index (χ0v) is 10.0. The Balaban J connectivity index is 2.47. The lowest BCUT2D eigenvalue weighted by atomic mass is 9.79. The molecule has 0 aromatic heterocycles. The Bertz CT molecular complexity index is 265. The molecule has 1 fully saturated rings. The summed E-state index contributed by atoms with van der Waals surface area (Å²) in [6.07, 6.45) is 5.17. The molecule has 4 nitrogen and oxygen atoms in total. The highest BCUT2D eigenvalue weighted by Crippen LogP contribution is 2.31. The maximum Gasteiger partial charge on any atom is 0.326 e. The largest absolute Gasteiger partial charge is 0.480 e. The zero-order chi connectivity index (χ0) is 12.1. The molecule has 1 saturated carbocycles. The summed E-state index contributed by atoms with van der Waals surface area (Å²) in [6.45, 7) is 3.57. The van der Waals surface area contributed by atoms with Gasteiger partial charge < -0.3 is 10.4 Å². The van der Waals surface area contributed by atoms with Crippen LogP contribution in [-0.2, 0) is 9.59 Å². The lowest BCUT2D eigenvalue weighted by molar-refractivity contribution is -0.142. The molecule has 1 amide bonds. The molecular weight excluding hydrogens is 206 g/mol. The Morgan fingerprint density at radius 1 is 1.44 bits per heavy atom. The van der Waals surface area contributed by atoms with Gasteiger partial charge in [-0.2, -0.15) is 0 Å². The summed E-state index contributed by atoms with van der Waals surface area (Å²) in [5.74, 6) is -0.0630. The van der Waals surface area contributed by atoms with E-state index >= 15 is 0 Å². The number of carboxylic acid groups (broad SMARTS) is 1. The molecule has 2 N–H and O–H groups in total. The molecule has 0 aliphatic heterocycles. The third-order valence-corrected chi connectivity index (χ3v) is 3.29. The fraction of sp³-hybridized carbons (Fsp3) is 0.833. The van der Waals surface area contributed by atoms with Gasteiger partial charge in [-0.3, -0.25) is 4.79 Å². The molecule has 0 heterocycles. The molecular formula is C12H21NO3. The fourth-order valence-electron chi connectivity index (χ4n) is 2.57. The van der Waals surface area contributed by atoms with Crippen LogP contribution < -0.4 is 5.32 Å². The van der Waals surface area contributed by atoms with E-state index in [1.54, 1.807) is 0 Å². The van der Waals surface area contributed by atoms with E-state index < -0.39 is 12.0 Å². The van der Waals surface area contributed by atoms with Gasteiger partial charge in [0.25, 0.3) is 0 Å². The minimum atomic E-state index is -0.923. The van der Waals surface area contributed by atoms with Crippen LogP contribution in [0.4, 0.5) is 0 Å². The first-order valence-electron chi connectivity index (χ1n) is 5.99.